The van der Waals surface area contributed by atoms with Crippen molar-refractivity contribution in [1.29, 1.82) is 0 Å². The van der Waals surface area contributed by atoms with E-state index in [-0.39, 0.29) is 30.7 Å². The number of ether oxygens (including phenoxy) is 3. The lowest BCUT2D eigenvalue weighted by Gasteiger charge is -2.37. The Labute approximate surface area is 133 Å². The first-order valence-corrected chi connectivity index (χ1v) is 8.00. The Morgan fingerprint density at radius 3 is 2.09 bits per heavy atom. The Balaban J connectivity index is 2.98. The number of nitrogens with two attached hydrogens (primary N) is 1. The van der Waals surface area contributed by atoms with Crippen molar-refractivity contribution in [1.82, 2.24) is 0 Å². The summed E-state index contributed by atoms with van der Waals surface area (Å²) in [5.41, 5.74) is 6.40. The molecule has 0 bridgehead atoms. The highest BCUT2D eigenvalue weighted by atomic mass is 16.8. The van der Waals surface area contributed by atoms with Crippen LogP contribution in [0.5, 0.6) is 0 Å². The second kappa shape index (κ2) is 7.11. The van der Waals surface area contributed by atoms with Crippen molar-refractivity contribution in [2.24, 2.45) is 17.6 Å². The molecule has 0 aliphatic carbocycles. The molecular weight excluding hydrogens is 286 g/mol. The molecule has 1 aliphatic rings. The minimum Gasteiger partial charge on any atom is -0.396 e. The van der Waals surface area contributed by atoms with E-state index in [4.69, 9.17) is 19.9 Å². The van der Waals surface area contributed by atoms with Gasteiger partial charge in [-0.15, -0.1) is 0 Å². The molecule has 1 rings (SSSR count). The lowest BCUT2D eigenvalue weighted by molar-refractivity contribution is -0.230. The van der Waals surface area contributed by atoms with Crippen molar-refractivity contribution in [2.75, 3.05) is 6.61 Å². The zero-order chi connectivity index (χ0) is 17.3. The summed E-state index contributed by atoms with van der Waals surface area (Å²) in [5, 5.41) is 19.5. The van der Waals surface area contributed by atoms with Crippen LogP contribution in [-0.2, 0) is 14.2 Å². The first kappa shape index (κ1) is 19.8. The van der Waals surface area contributed by atoms with Crippen LogP contribution in [-0.4, -0.2) is 52.7 Å². The van der Waals surface area contributed by atoms with Crippen LogP contribution in [0.3, 0.4) is 0 Å². The molecule has 0 aromatic carbocycles. The number of aliphatic hydroxyl groups excluding tert-OH is 1. The highest BCUT2D eigenvalue weighted by molar-refractivity contribution is 4.95. The third-order valence-corrected chi connectivity index (χ3v) is 3.85. The summed E-state index contributed by atoms with van der Waals surface area (Å²) in [4.78, 5) is 0. The van der Waals surface area contributed by atoms with Crippen molar-refractivity contribution < 1.29 is 24.4 Å². The van der Waals surface area contributed by atoms with Crippen molar-refractivity contribution in [2.45, 2.75) is 84.4 Å². The molecule has 1 aliphatic heterocycles. The Kier molecular flexibility index (Phi) is 6.40. The number of rotatable bonds is 7. The number of hydrogen-bond donors (Lipinski definition) is 3. The van der Waals surface area contributed by atoms with Crippen LogP contribution in [0, 0.1) is 11.8 Å². The van der Waals surface area contributed by atoms with Gasteiger partial charge >= 0.3 is 0 Å². The maximum absolute atomic E-state index is 9.97. The van der Waals surface area contributed by atoms with Crippen molar-refractivity contribution >= 4 is 0 Å². The van der Waals surface area contributed by atoms with Crippen molar-refractivity contribution in [3.63, 3.8) is 0 Å². The lowest BCUT2D eigenvalue weighted by Crippen LogP contribution is -2.56. The van der Waals surface area contributed by atoms with Crippen molar-refractivity contribution in [3.05, 3.63) is 0 Å². The minimum absolute atomic E-state index is 0.0856. The van der Waals surface area contributed by atoms with E-state index in [1.54, 1.807) is 13.8 Å². The zero-order valence-corrected chi connectivity index (χ0v) is 14.9. The van der Waals surface area contributed by atoms with Gasteiger partial charge in [-0.05, 0) is 33.6 Å². The molecule has 0 amide bonds. The normalized spacial score (nSPS) is 29.6. The Morgan fingerprint density at radius 2 is 1.68 bits per heavy atom. The predicted molar refractivity (Wildman–Crippen MR) is 84.1 cm³/mol. The molecule has 0 aromatic heterocycles. The van der Waals surface area contributed by atoms with Crippen LogP contribution in [0.4, 0.5) is 0 Å². The predicted octanol–water partition coefficient (Wildman–Crippen LogP) is 1.23. The van der Waals surface area contributed by atoms with Gasteiger partial charge in [-0.2, -0.15) is 0 Å². The summed E-state index contributed by atoms with van der Waals surface area (Å²) in [5.74, 6) is -2.06. The molecule has 1 fully saturated rings. The molecule has 0 aromatic rings. The molecule has 3 unspecified atom stereocenters. The fourth-order valence-corrected chi connectivity index (χ4v) is 2.83. The van der Waals surface area contributed by atoms with E-state index in [0.29, 0.717) is 0 Å². The molecule has 1 heterocycles. The average molecular weight is 319 g/mol. The van der Waals surface area contributed by atoms with E-state index in [0.717, 1.165) is 0 Å². The molecule has 6 heteroatoms. The van der Waals surface area contributed by atoms with Gasteiger partial charge in [0.05, 0.1) is 18.2 Å². The molecule has 6 nitrogen and oxygen atoms in total. The standard InChI is InChI=1S/C16H33NO5/c1-9(2)12-14(22-16(6,7)21-12)11(17)13(10(3)8-18)20-15(4,5)19/h9-14,18-19H,8,17H2,1-7H3/t10?,11?,12?,13-,14-/m1/s1. The molecule has 22 heavy (non-hydrogen) atoms. The van der Waals surface area contributed by atoms with Gasteiger partial charge in [0.2, 0.25) is 0 Å². The van der Waals surface area contributed by atoms with Gasteiger partial charge in [-0.3, -0.25) is 0 Å². The van der Waals surface area contributed by atoms with Crippen LogP contribution in [0.15, 0.2) is 0 Å². The zero-order valence-electron chi connectivity index (χ0n) is 14.9. The first-order valence-electron chi connectivity index (χ1n) is 8.00. The van der Waals surface area contributed by atoms with E-state index < -0.39 is 23.7 Å². The monoisotopic (exact) mass is 319 g/mol. The van der Waals surface area contributed by atoms with Gasteiger partial charge in [0, 0.05) is 12.5 Å². The van der Waals surface area contributed by atoms with Gasteiger partial charge in [-0.25, -0.2) is 0 Å². The molecule has 0 spiro atoms. The summed E-state index contributed by atoms with van der Waals surface area (Å²) < 4.78 is 17.6. The Morgan fingerprint density at radius 1 is 1.18 bits per heavy atom. The highest BCUT2D eigenvalue weighted by Gasteiger charge is 2.48. The van der Waals surface area contributed by atoms with Gasteiger partial charge in [0.25, 0.3) is 0 Å². The second-order valence-electron chi connectivity index (χ2n) is 7.58. The fourth-order valence-electron chi connectivity index (χ4n) is 2.83. The van der Waals surface area contributed by atoms with E-state index in [1.165, 1.54) is 0 Å². The summed E-state index contributed by atoms with van der Waals surface area (Å²) in [7, 11) is 0. The van der Waals surface area contributed by atoms with Gasteiger partial charge < -0.3 is 30.2 Å². The maximum atomic E-state index is 9.97. The molecule has 0 saturated carbocycles. The number of aliphatic hydroxyl groups is 2. The minimum atomic E-state index is -1.34. The van der Waals surface area contributed by atoms with E-state index in [2.05, 4.69) is 13.8 Å². The van der Waals surface area contributed by atoms with Gasteiger partial charge in [0.15, 0.2) is 11.6 Å². The molecule has 4 N–H and O–H groups in total. The van der Waals surface area contributed by atoms with Crippen LogP contribution in [0.1, 0.15) is 48.5 Å². The van der Waals surface area contributed by atoms with E-state index >= 15 is 0 Å². The maximum Gasteiger partial charge on any atom is 0.163 e. The molecule has 5 atom stereocenters. The third-order valence-electron chi connectivity index (χ3n) is 3.85. The summed E-state index contributed by atoms with van der Waals surface area (Å²) in [6.45, 7) is 12.7. The summed E-state index contributed by atoms with van der Waals surface area (Å²) >= 11 is 0. The Bertz CT molecular complexity index is 351. The van der Waals surface area contributed by atoms with Crippen molar-refractivity contribution in [3.8, 4) is 0 Å². The SMILES string of the molecule is CC(C)C1OC(C)(C)O[C@@H]1C(N)[C@H](OC(C)(C)O)C(C)CO. The van der Waals surface area contributed by atoms with Gasteiger partial charge in [0.1, 0.15) is 6.10 Å². The number of hydrogen-bond acceptors (Lipinski definition) is 6. The smallest absolute Gasteiger partial charge is 0.163 e. The summed E-state index contributed by atoms with van der Waals surface area (Å²) in [6, 6.07) is -0.525. The Hall–Kier alpha value is -0.240. The molecule has 1 saturated heterocycles. The third kappa shape index (κ3) is 5.15. The first-order chi connectivity index (χ1) is 9.88. The molecule has 0 radical (unpaired) electrons. The molecular formula is C16H33NO5. The van der Waals surface area contributed by atoms with Crippen LogP contribution < -0.4 is 5.73 Å². The van der Waals surface area contributed by atoms with E-state index in [9.17, 15) is 10.2 Å². The van der Waals surface area contributed by atoms with Gasteiger partial charge in [-0.1, -0.05) is 20.8 Å². The topological polar surface area (TPSA) is 94.2 Å². The van der Waals surface area contributed by atoms with Crippen LogP contribution >= 0.6 is 0 Å². The lowest BCUT2D eigenvalue weighted by atomic mass is 9.89. The summed E-state index contributed by atoms with van der Waals surface area (Å²) in [6.07, 6.45) is -1.08. The van der Waals surface area contributed by atoms with E-state index in [1.807, 2.05) is 20.8 Å². The quantitative estimate of drug-likeness (QED) is 0.611. The average Bonchev–Trinajstić information content (AvgIpc) is 2.69. The second-order valence-corrected chi connectivity index (χ2v) is 7.58. The fraction of sp³-hybridized carbons (Fsp3) is 1.00. The van der Waals surface area contributed by atoms with Crippen LogP contribution in [0.25, 0.3) is 0 Å². The largest absolute Gasteiger partial charge is 0.396 e. The van der Waals surface area contributed by atoms with Crippen LogP contribution in [0.2, 0.25) is 0 Å². The highest BCUT2D eigenvalue weighted by Crippen LogP contribution is 2.35. The molecule has 132 valence electrons.